The molecule has 4 nitrogen and oxygen atoms in total. The van der Waals surface area contributed by atoms with E-state index in [9.17, 15) is 0 Å². The average molecular weight is 246 g/mol. The van der Waals surface area contributed by atoms with Crippen LogP contribution in [0.3, 0.4) is 0 Å². The Kier molecular flexibility index (Phi) is 3.89. The van der Waals surface area contributed by atoms with Crippen LogP contribution in [0.5, 0.6) is 5.75 Å². The molecule has 18 heavy (non-hydrogen) atoms. The van der Waals surface area contributed by atoms with E-state index < -0.39 is 0 Å². The molecule has 0 fully saturated rings. The second kappa shape index (κ2) is 5.60. The van der Waals surface area contributed by atoms with E-state index >= 15 is 0 Å². The first-order chi connectivity index (χ1) is 8.72. The number of rotatable bonds is 5. The van der Waals surface area contributed by atoms with Crippen LogP contribution in [0.4, 0.5) is 5.69 Å². The first-order valence-corrected chi connectivity index (χ1v) is 5.90. The molecule has 1 atom stereocenters. The summed E-state index contributed by atoms with van der Waals surface area (Å²) in [5.74, 6) is 2.57. The number of nitrogens with two attached hydrogens (primary N) is 1. The molecule has 1 aromatic heterocycles. The van der Waals surface area contributed by atoms with Crippen molar-refractivity contribution in [2.45, 2.75) is 13.0 Å². The molecule has 0 saturated carbocycles. The van der Waals surface area contributed by atoms with Crippen LogP contribution in [-0.2, 0) is 0 Å². The minimum Gasteiger partial charge on any atom is -0.497 e. The van der Waals surface area contributed by atoms with E-state index in [-0.39, 0.29) is 6.04 Å². The van der Waals surface area contributed by atoms with Crippen molar-refractivity contribution in [2.75, 3.05) is 19.0 Å². The molecule has 2 rings (SSSR count). The summed E-state index contributed by atoms with van der Waals surface area (Å²) in [6.07, 6.45) is 0. The van der Waals surface area contributed by atoms with Gasteiger partial charge in [0.15, 0.2) is 0 Å². The highest BCUT2D eigenvalue weighted by Crippen LogP contribution is 2.22. The number of nitrogens with one attached hydrogen (secondary N) is 1. The number of furan rings is 1. The SMILES string of the molecule is COc1ccc(NC(CN)c2ccc(C)o2)cc1. The second-order valence-electron chi connectivity index (χ2n) is 4.11. The summed E-state index contributed by atoms with van der Waals surface area (Å²) in [6.45, 7) is 2.39. The summed E-state index contributed by atoms with van der Waals surface area (Å²) in [7, 11) is 1.65. The maximum Gasteiger partial charge on any atom is 0.127 e. The smallest absolute Gasteiger partial charge is 0.127 e. The number of methoxy groups -OCH3 is 1. The van der Waals surface area contributed by atoms with Crippen molar-refractivity contribution in [3.63, 3.8) is 0 Å². The maximum absolute atomic E-state index is 5.77. The molecule has 0 bridgehead atoms. The van der Waals surface area contributed by atoms with Gasteiger partial charge in [0.05, 0.1) is 13.2 Å². The molecule has 1 aromatic carbocycles. The Balaban J connectivity index is 2.10. The Morgan fingerprint density at radius 2 is 1.94 bits per heavy atom. The molecule has 0 radical (unpaired) electrons. The Labute approximate surface area is 107 Å². The van der Waals surface area contributed by atoms with Crippen molar-refractivity contribution in [3.05, 3.63) is 47.9 Å². The fourth-order valence-corrected chi connectivity index (χ4v) is 1.78. The lowest BCUT2D eigenvalue weighted by Gasteiger charge is -2.16. The van der Waals surface area contributed by atoms with Gasteiger partial charge in [-0.15, -0.1) is 0 Å². The number of hydrogen-bond acceptors (Lipinski definition) is 4. The van der Waals surface area contributed by atoms with Gasteiger partial charge in [-0.05, 0) is 43.3 Å². The largest absolute Gasteiger partial charge is 0.497 e. The van der Waals surface area contributed by atoms with Crippen LogP contribution in [0, 0.1) is 6.92 Å². The number of benzene rings is 1. The maximum atomic E-state index is 5.77. The summed E-state index contributed by atoms with van der Waals surface area (Å²) in [4.78, 5) is 0. The minimum atomic E-state index is -0.0212. The lowest BCUT2D eigenvalue weighted by Crippen LogP contribution is -2.20. The minimum absolute atomic E-state index is 0.0212. The molecule has 1 heterocycles. The summed E-state index contributed by atoms with van der Waals surface area (Å²) in [6, 6.07) is 11.6. The summed E-state index contributed by atoms with van der Waals surface area (Å²) in [5, 5.41) is 3.34. The van der Waals surface area contributed by atoms with E-state index in [0.29, 0.717) is 6.54 Å². The number of ether oxygens (including phenoxy) is 1. The Hall–Kier alpha value is -1.94. The van der Waals surface area contributed by atoms with Gasteiger partial charge in [-0.3, -0.25) is 0 Å². The van der Waals surface area contributed by atoms with E-state index in [0.717, 1.165) is 23.0 Å². The molecule has 0 aliphatic carbocycles. The van der Waals surface area contributed by atoms with E-state index in [2.05, 4.69) is 5.32 Å². The van der Waals surface area contributed by atoms with E-state index in [4.69, 9.17) is 14.9 Å². The molecule has 1 unspecified atom stereocenters. The molecular formula is C14H18N2O2. The molecule has 3 N–H and O–H groups in total. The van der Waals surface area contributed by atoms with Gasteiger partial charge in [-0.1, -0.05) is 0 Å². The molecule has 0 aliphatic rings. The first kappa shape index (κ1) is 12.5. The first-order valence-electron chi connectivity index (χ1n) is 5.90. The number of aryl methyl sites for hydroxylation is 1. The van der Waals surface area contributed by atoms with Gasteiger partial charge >= 0.3 is 0 Å². The van der Waals surface area contributed by atoms with Crippen LogP contribution in [0.15, 0.2) is 40.8 Å². The fourth-order valence-electron chi connectivity index (χ4n) is 1.78. The van der Waals surface area contributed by atoms with Crippen LogP contribution >= 0.6 is 0 Å². The van der Waals surface area contributed by atoms with Gasteiger partial charge in [0, 0.05) is 12.2 Å². The van der Waals surface area contributed by atoms with Crippen LogP contribution in [0.2, 0.25) is 0 Å². The normalized spacial score (nSPS) is 12.2. The standard InChI is InChI=1S/C14H18N2O2/c1-10-3-8-14(18-10)13(9-15)16-11-4-6-12(17-2)7-5-11/h3-8,13,16H,9,15H2,1-2H3. The third-order valence-electron chi connectivity index (χ3n) is 2.77. The van der Waals surface area contributed by atoms with Crippen molar-refractivity contribution in [1.82, 2.24) is 0 Å². The molecule has 0 aliphatic heterocycles. The highest BCUT2D eigenvalue weighted by atomic mass is 16.5. The monoisotopic (exact) mass is 246 g/mol. The molecular weight excluding hydrogens is 228 g/mol. The summed E-state index contributed by atoms with van der Waals surface area (Å²) < 4.78 is 10.7. The fraction of sp³-hybridized carbons (Fsp3) is 0.286. The third kappa shape index (κ3) is 2.84. The lowest BCUT2D eigenvalue weighted by molar-refractivity contribution is 0.415. The van der Waals surface area contributed by atoms with Crippen molar-refractivity contribution >= 4 is 5.69 Å². The van der Waals surface area contributed by atoms with E-state index in [1.165, 1.54) is 0 Å². The summed E-state index contributed by atoms with van der Waals surface area (Å²) >= 11 is 0. The number of hydrogen-bond donors (Lipinski definition) is 2. The Bertz CT molecular complexity index is 491. The zero-order valence-electron chi connectivity index (χ0n) is 10.6. The zero-order chi connectivity index (χ0) is 13.0. The molecule has 0 spiro atoms. The molecule has 96 valence electrons. The predicted molar refractivity (Wildman–Crippen MR) is 71.9 cm³/mol. The van der Waals surface area contributed by atoms with Gasteiger partial charge in [-0.2, -0.15) is 0 Å². The predicted octanol–water partition coefficient (Wildman–Crippen LogP) is 2.71. The molecule has 0 saturated heterocycles. The van der Waals surface area contributed by atoms with Gasteiger partial charge in [0.25, 0.3) is 0 Å². The Morgan fingerprint density at radius 3 is 2.44 bits per heavy atom. The van der Waals surface area contributed by atoms with Gasteiger partial charge in [-0.25, -0.2) is 0 Å². The van der Waals surface area contributed by atoms with Crippen molar-refractivity contribution in [3.8, 4) is 5.75 Å². The topological polar surface area (TPSA) is 60.4 Å². The summed E-state index contributed by atoms with van der Waals surface area (Å²) in [5.41, 5.74) is 6.76. The molecule has 0 amide bonds. The van der Waals surface area contributed by atoms with Crippen LogP contribution in [0.1, 0.15) is 17.6 Å². The van der Waals surface area contributed by atoms with Crippen molar-refractivity contribution in [1.29, 1.82) is 0 Å². The van der Waals surface area contributed by atoms with Crippen molar-refractivity contribution < 1.29 is 9.15 Å². The van der Waals surface area contributed by atoms with E-state index in [1.807, 2.05) is 43.3 Å². The Morgan fingerprint density at radius 1 is 1.22 bits per heavy atom. The van der Waals surface area contributed by atoms with Gasteiger partial charge < -0.3 is 20.2 Å². The lowest BCUT2D eigenvalue weighted by atomic mass is 10.2. The second-order valence-corrected chi connectivity index (χ2v) is 4.11. The quantitative estimate of drug-likeness (QED) is 0.851. The van der Waals surface area contributed by atoms with Crippen LogP contribution in [0.25, 0.3) is 0 Å². The average Bonchev–Trinajstić information content (AvgIpc) is 2.83. The highest BCUT2D eigenvalue weighted by Gasteiger charge is 2.13. The molecule has 2 aromatic rings. The molecule has 4 heteroatoms. The van der Waals surface area contributed by atoms with Gasteiger partial charge in [0.2, 0.25) is 0 Å². The van der Waals surface area contributed by atoms with E-state index in [1.54, 1.807) is 7.11 Å². The third-order valence-corrected chi connectivity index (χ3v) is 2.77. The van der Waals surface area contributed by atoms with Crippen LogP contribution < -0.4 is 15.8 Å². The van der Waals surface area contributed by atoms with Crippen molar-refractivity contribution in [2.24, 2.45) is 5.73 Å². The highest BCUT2D eigenvalue weighted by molar-refractivity contribution is 5.47. The van der Waals surface area contributed by atoms with Gasteiger partial charge in [0.1, 0.15) is 17.3 Å². The van der Waals surface area contributed by atoms with Crippen LogP contribution in [-0.4, -0.2) is 13.7 Å². The number of anilines is 1. The zero-order valence-corrected chi connectivity index (χ0v) is 10.6.